The fourth-order valence-electron chi connectivity index (χ4n) is 3.17. The minimum absolute atomic E-state index is 0.0915. The molecular formula is C16H24N6O2. The van der Waals surface area contributed by atoms with E-state index in [1.165, 1.54) is 11.6 Å². The van der Waals surface area contributed by atoms with Crippen LogP contribution in [0.4, 0.5) is 5.95 Å². The van der Waals surface area contributed by atoms with Crippen molar-refractivity contribution in [3.05, 3.63) is 26.9 Å². The van der Waals surface area contributed by atoms with E-state index in [0.717, 1.165) is 30.4 Å². The smallest absolute Gasteiger partial charge is 0.332 e. The van der Waals surface area contributed by atoms with Gasteiger partial charge in [0.15, 0.2) is 11.2 Å². The van der Waals surface area contributed by atoms with Crippen LogP contribution in [0.3, 0.4) is 0 Å². The van der Waals surface area contributed by atoms with Crippen LogP contribution in [0.25, 0.3) is 17.4 Å². The molecule has 1 unspecified atom stereocenters. The molecule has 24 heavy (non-hydrogen) atoms. The van der Waals surface area contributed by atoms with Crippen molar-refractivity contribution >= 4 is 23.3 Å². The lowest BCUT2D eigenvalue weighted by Gasteiger charge is -2.31. The third-order valence-corrected chi connectivity index (χ3v) is 4.50. The Morgan fingerprint density at radius 3 is 2.71 bits per heavy atom. The third-order valence-electron chi connectivity index (χ3n) is 4.50. The topological polar surface area (TPSA) is 91.1 Å². The molecule has 0 bridgehead atoms. The van der Waals surface area contributed by atoms with Gasteiger partial charge in [-0.1, -0.05) is 13.0 Å². The molecule has 8 heteroatoms. The number of hydrogen-bond acceptors (Lipinski definition) is 5. The van der Waals surface area contributed by atoms with Gasteiger partial charge < -0.3 is 10.6 Å². The van der Waals surface area contributed by atoms with E-state index in [1.807, 2.05) is 19.2 Å². The number of allylic oxidation sites excluding steroid dienone is 1. The van der Waals surface area contributed by atoms with Crippen molar-refractivity contribution in [2.75, 3.05) is 18.0 Å². The maximum Gasteiger partial charge on any atom is 0.332 e. The number of nitrogens with two attached hydrogens (primary N) is 1. The molecule has 1 aliphatic heterocycles. The third kappa shape index (κ3) is 2.56. The predicted molar refractivity (Wildman–Crippen MR) is 95.3 cm³/mol. The van der Waals surface area contributed by atoms with Gasteiger partial charge >= 0.3 is 5.69 Å². The van der Waals surface area contributed by atoms with Crippen molar-refractivity contribution in [1.29, 1.82) is 0 Å². The fourth-order valence-corrected chi connectivity index (χ4v) is 3.17. The van der Waals surface area contributed by atoms with Gasteiger partial charge in [0.1, 0.15) is 0 Å². The van der Waals surface area contributed by atoms with Crippen molar-refractivity contribution in [2.45, 2.75) is 32.2 Å². The molecule has 1 fully saturated rings. The number of aryl methyl sites for hydroxylation is 1. The van der Waals surface area contributed by atoms with E-state index >= 15 is 0 Å². The number of fused-ring (bicyclic) bond motifs is 1. The molecule has 8 nitrogen and oxygen atoms in total. The zero-order valence-corrected chi connectivity index (χ0v) is 14.4. The zero-order chi connectivity index (χ0) is 17.4. The molecule has 2 aromatic heterocycles. The summed E-state index contributed by atoms with van der Waals surface area (Å²) in [4.78, 5) is 31.6. The average molecular weight is 332 g/mol. The van der Waals surface area contributed by atoms with Crippen LogP contribution in [0.1, 0.15) is 26.2 Å². The number of aromatic nitrogens is 4. The molecule has 3 heterocycles. The van der Waals surface area contributed by atoms with Gasteiger partial charge in [-0.05, 0) is 19.3 Å². The lowest BCUT2D eigenvalue weighted by molar-refractivity contribution is 0.499. The monoisotopic (exact) mass is 332 g/mol. The summed E-state index contributed by atoms with van der Waals surface area (Å²) in [5.74, 6) is 0.670. The number of piperidine rings is 1. The van der Waals surface area contributed by atoms with Gasteiger partial charge in [0.25, 0.3) is 5.56 Å². The molecule has 0 aromatic carbocycles. The van der Waals surface area contributed by atoms with Crippen LogP contribution in [0.2, 0.25) is 0 Å². The Labute approximate surface area is 139 Å². The van der Waals surface area contributed by atoms with Crippen molar-refractivity contribution in [1.82, 2.24) is 18.7 Å². The Hall–Kier alpha value is -2.35. The molecule has 2 N–H and O–H groups in total. The Balaban J connectivity index is 2.31. The molecule has 0 spiro atoms. The summed E-state index contributed by atoms with van der Waals surface area (Å²) < 4.78 is 4.32. The largest absolute Gasteiger partial charge is 0.340 e. The molecular weight excluding hydrogens is 308 g/mol. The lowest BCUT2D eigenvalue weighted by Crippen LogP contribution is -2.43. The van der Waals surface area contributed by atoms with E-state index in [1.54, 1.807) is 11.6 Å². The maximum atomic E-state index is 12.7. The Morgan fingerprint density at radius 2 is 2.04 bits per heavy atom. The van der Waals surface area contributed by atoms with Crippen molar-refractivity contribution in [3.63, 3.8) is 0 Å². The second-order valence-electron chi connectivity index (χ2n) is 6.30. The van der Waals surface area contributed by atoms with Crippen LogP contribution in [0.5, 0.6) is 0 Å². The van der Waals surface area contributed by atoms with Crippen LogP contribution >= 0.6 is 0 Å². The zero-order valence-electron chi connectivity index (χ0n) is 14.4. The SMILES string of the molecule is CCC=Cn1c(N2CCCC(N)C2)nc2c1c(=O)n(C)c(=O)n2C. The number of nitrogens with zero attached hydrogens (tertiary/aromatic N) is 5. The van der Waals surface area contributed by atoms with E-state index in [2.05, 4.69) is 9.88 Å². The minimum atomic E-state index is -0.376. The highest BCUT2D eigenvalue weighted by Crippen LogP contribution is 2.23. The summed E-state index contributed by atoms with van der Waals surface area (Å²) in [6, 6.07) is 0.0915. The van der Waals surface area contributed by atoms with Gasteiger partial charge in [-0.3, -0.25) is 18.5 Å². The first-order valence-electron chi connectivity index (χ1n) is 8.30. The summed E-state index contributed by atoms with van der Waals surface area (Å²) in [7, 11) is 3.12. The highest BCUT2D eigenvalue weighted by Gasteiger charge is 2.24. The Bertz CT molecular complexity index is 904. The molecule has 130 valence electrons. The predicted octanol–water partition coefficient (Wildman–Crippen LogP) is 0.242. The van der Waals surface area contributed by atoms with Crippen LogP contribution in [-0.2, 0) is 14.1 Å². The Kier molecular flexibility index (Phi) is 4.31. The molecule has 2 aromatic rings. The number of imidazole rings is 1. The molecule has 1 aliphatic rings. The number of hydrogen-bond donors (Lipinski definition) is 1. The molecule has 1 atom stereocenters. The molecule has 0 radical (unpaired) electrons. The first kappa shape index (κ1) is 16.5. The van der Waals surface area contributed by atoms with Gasteiger partial charge in [0.2, 0.25) is 5.95 Å². The van der Waals surface area contributed by atoms with E-state index in [9.17, 15) is 9.59 Å². The number of rotatable bonds is 3. The quantitative estimate of drug-likeness (QED) is 0.869. The summed E-state index contributed by atoms with van der Waals surface area (Å²) in [6.07, 6.45) is 6.64. The van der Waals surface area contributed by atoms with Gasteiger partial charge in [-0.2, -0.15) is 4.98 Å². The molecule has 0 aliphatic carbocycles. The second kappa shape index (κ2) is 6.27. The van der Waals surface area contributed by atoms with Gasteiger partial charge in [0, 0.05) is 39.4 Å². The first-order chi connectivity index (χ1) is 11.5. The van der Waals surface area contributed by atoms with Gasteiger partial charge in [-0.15, -0.1) is 0 Å². The highest BCUT2D eigenvalue weighted by atomic mass is 16.2. The molecule has 1 saturated heterocycles. The van der Waals surface area contributed by atoms with Crippen molar-refractivity contribution in [2.24, 2.45) is 19.8 Å². The van der Waals surface area contributed by atoms with E-state index in [4.69, 9.17) is 5.73 Å². The minimum Gasteiger partial charge on any atom is -0.340 e. The lowest BCUT2D eigenvalue weighted by atomic mass is 10.1. The number of anilines is 1. The van der Waals surface area contributed by atoms with Crippen LogP contribution in [-0.4, -0.2) is 37.8 Å². The summed E-state index contributed by atoms with van der Waals surface area (Å²) >= 11 is 0. The summed E-state index contributed by atoms with van der Waals surface area (Å²) in [5, 5.41) is 0. The van der Waals surface area contributed by atoms with Crippen LogP contribution < -0.4 is 21.9 Å². The molecule has 0 saturated carbocycles. The van der Waals surface area contributed by atoms with Gasteiger partial charge in [-0.25, -0.2) is 4.79 Å². The second-order valence-corrected chi connectivity index (χ2v) is 6.30. The van der Waals surface area contributed by atoms with Crippen LogP contribution in [0, 0.1) is 0 Å². The summed E-state index contributed by atoms with van der Waals surface area (Å²) in [6.45, 7) is 3.56. The van der Waals surface area contributed by atoms with Crippen molar-refractivity contribution in [3.8, 4) is 0 Å². The molecule has 3 rings (SSSR count). The maximum absolute atomic E-state index is 12.7. The van der Waals surface area contributed by atoms with Crippen molar-refractivity contribution < 1.29 is 0 Å². The molecule has 0 amide bonds. The first-order valence-corrected chi connectivity index (χ1v) is 8.30. The Morgan fingerprint density at radius 1 is 1.29 bits per heavy atom. The normalized spacial score (nSPS) is 18.8. The summed E-state index contributed by atoms with van der Waals surface area (Å²) in [5.41, 5.74) is 6.20. The fraction of sp³-hybridized carbons (Fsp3) is 0.562. The van der Waals surface area contributed by atoms with E-state index in [0.29, 0.717) is 23.7 Å². The standard InChI is InChI=1S/C16H24N6O2/c1-4-5-9-22-12-13(19(2)16(24)20(3)14(12)23)18-15(22)21-8-6-7-11(17)10-21/h5,9,11H,4,6-8,10,17H2,1-3H3. The van der Waals surface area contributed by atoms with Gasteiger partial charge in [0.05, 0.1) is 0 Å². The van der Waals surface area contributed by atoms with Crippen LogP contribution in [0.15, 0.2) is 15.7 Å². The highest BCUT2D eigenvalue weighted by molar-refractivity contribution is 5.77. The van der Waals surface area contributed by atoms with E-state index in [-0.39, 0.29) is 17.3 Å². The van der Waals surface area contributed by atoms with E-state index < -0.39 is 0 Å². The average Bonchev–Trinajstić information content (AvgIpc) is 2.95.